The lowest BCUT2D eigenvalue weighted by molar-refractivity contribution is 0.196. The lowest BCUT2D eigenvalue weighted by Gasteiger charge is -2.34. The largest absolute Gasteiger partial charge is 0.330 e. The molecule has 0 radical (unpaired) electrons. The molecule has 0 atom stereocenters. The Morgan fingerprint density at radius 2 is 1.57 bits per heavy atom. The number of unbranched alkanes of at least 4 members (excludes halogenated alkanes) is 1. The summed E-state index contributed by atoms with van der Waals surface area (Å²) in [6.07, 6.45) is 14.0. The molecular formula is C13H27N. The van der Waals surface area contributed by atoms with Gasteiger partial charge in [0.2, 0.25) is 0 Å². The molecule has 84 valence electrons. The molecule has 0 heterocycles. The minimum absolute atomic E-state index is 0.524. The second kappa shape index (κ2) is 6.44. The average molecular weight is 197 g/mol. The highest BCUT2D eigenvalue weighted by Gasteiger charge is 2.27. The summed E-state index contributed by atoms with van der Waals surface area (Å²) in [5.41, 5.74) is 6.52. The van der Waals surface area contributed by atoms with E-state index in [-0.39, 0.29) is 0 Å². The molecule has 1 saturated carbocycles. The lowest BCUT2D eigenvalue weighted by atomic mass is 9.73. The zero-order valence-electron chi connectivity index (χ0n) is 9.86. The van der Waals surface area contributed by atoms with Crippen LogP contribution in [-0.2, 0) is 0 Å². The van der Waals surface area contributed by atoms with Crippen LogP contribution in [0.5, 0.6) is 0 Å². The van der Waals surface area contributed by atoms with Crippen molar-refractivity contribution in [2.75, 3.05) is 6.54 Å². The molecule has 2 N–H and O–H groups in total. The minimum atomic E-state index is 0.524. The van der Waals surface area contributed by atoms with Gasteiger partial charge in [-0.2, -0.15) is 0 Å². The Bertz CT molecular complexity index is 129. The van der Waals surface area contributed by atoms with Gasteiger partial charge in [-0.05, 0) is 31.2 Å². The molecule has 1 heteroatoms. The summed E-state index contributed by atoms with van der Waals surface area (Å²) >= 11 is 0. The van der Waals surface area contributed by atoms with Crippen LogP contribution in [0.15, 0.2) is 0 Å². The predicted molar refractivity (Wildman–Crippen MR) is 63.3 cm³/mol. The van der Waals surface area contributed by atoms with E-state index in [1.165, 1.54) is 64.2 Å². The maximum atomic E-state index is 6.00. The number of hydrogen-bond donors (Lipinski definition) is 1. The van der Waals surface area contributed by atoms with Crippen LogP contribution < -0.4 is 5.73 Å². The maximum Gasteiger partial charge on any atom is -0.00205 e. The molecule has 0 aliphatic heterocycles. The van der Waals surface area contributed by atoms with Crippen LogP contribution in [0.1, 0.15) is 71.1 Å². The molecule has 14 heavy (non-hydrogen) atoms. The quantitative estimate of drug-likeness (QED) is 0.727. The van der Waals surface area contributed by atoms with Crippen LogP contribution in [0.4, 0.5) is 0 Å². The summed E-state index contributed by atoms with van der Waals surface area (Å²) in [4.78, 5) is 0. The van der Waals surface area contributed by atoms with Crippen LogP contribution in [0.25, 0.3) is 0 Å². The Hall–Kier alpha value is -0.0400. The number of hydrogen-bond acceptors (Lipinski definition) is 1. The van der Waals surface area contributed by atoms with Crippen LogP contribution in [0, 0.1) is 5.41 Å². The van der Waals surface area contributed by atoms with Gasteiger partial charge in [-0.15, -0.1) is 0 Å². The van der Waals surface area contributed by atoms with E-state index in [2.05, 4.69) is 6.92 Å². The van der Waals surface area contributed by atoms with Crippen molar-refractivity contribution in [1.82, 2.24) is 0 Å². The molecule has 1 rings (SSSR count). The van der Waals surface area contributed by atoms with Gasteiger partial charge in [-0.1, -0.05) is 51.9 Å². The predicted octanol–water partition coefficient (Wildman–Crippen LogP) is 3.87. The van der Waals surface area contributed by atoms with Crippen LogP contribution in [0.2, 0.25) is 0 Å². The fourth-order valence-corrected chi connectivity index (χ4v) is 2.76. The van der Waals surface area contributed by atoms with E-state index in [4.69, 9.17) is 5.73 Å². The van der Waals surface area contributed by atoms with E-state index in [1.807, 2.05) is 0 Å². The van der Waals surface area contributed by atoms with Crippen LogP contribution in [-0.4, -0.2) is 6.54 Å². The summed E-state index contributed by atoms with van der Waals surface area (Å²) in [7, 11) is 0. The Balaban J connectivity index is 2.44. The third-order valence-corrected chi connectivity index (χ3v) is 3.91. The second-order valence-corrected chi connectivity index (χ2v) is 5.08. The molecule has 1 aliphatic rings. The molecular weight excluding hydrogens is 170 g/mol. The molecule has 0 bridgehead atoms. The van der Waals surface area contributed by atoms with Gasteiger partial charge in [0.15, 0.2) is 0 Å². The summed E-state index contributed by atoms with van der Waals surface area (Å²) in [6, 6.07) is 0. The van der Waals surface area contributed by atoms with E-state index in [1.54, 1.807) is 0 Å². The lowest BCUT2D eigenvalue weighted by Crippen LogP contribution is -2.31. The van der Waals surface area contributed by atoms with Crippen molar-refractivity contribution < 1.29 is 0 Å². The SMILES string of the molecule is CCCCC1(CN)CCCCCCC1. The summed E-state index contributed by atoms with van der Waals surface area (Å²) in [5.74, 6) is 0. The van der Waals surface area contributed by atoms with Crippen molar-refractivity contribution in [2.45, 2.75) is 71.1 Å². The highest BCUT2D eigenvalue weighted by Crippen LogP contribution is 2.37. The van der Waals surface area contributed by atoms with Gasteiger partial charge in [0.05, 0.1) is 0 Å². The fourth-order valence-electron chi connectivity index (χ4n) is 2.76. The molecule has 1 nitrogen and oxygen atoms in total. The molecule has 0 unspecified atom stereocenters. The maximum absolute atomic E-state index is 6.00. The van der Waals surface area contributed by atoms with E-state index >= 15 is 0 Å². The van der Waals surface area contributed by atoms with Gasteiger partial charge in [0, 0.05) is 0 Å². The highest BCUT2D eigenvalue weighted by atomic mass is 14.6. The zero-order chi connectivity index (χ0) is 10.3. The molecule has 1 fully saturated rings. The highest BCUT2D eigenvalue weighted by molar-refractivity contribution is 4.81. The summed E-state index contributed by atoms with van der Waals surface area (Å²) in [5, 5.41) is 0. The first-order valence-electron chi connectivity index (χ1n) is 6.53. The Morgan fingerprint density at radius 1 is 1.00 bits per heavy atom. The Labute approximate surface area is 89.5 Å². The molecule has 0 spiro atoms. The smallest absolute Gasteiger partial charge is 0.00205 e. The molecule has 0 amide bonds. The monoisotopic (exact) mass is 197 g/mol. The summed E-state index contributed by atoms with van der Waals surface area (Å²) in [6.45, 7) is 3.21. The van der Waals surface area contributed by atoms with Crippen molar-refractivity contribution >= 4 is 0 Å². The van der Waals surface area contributed by atoms with E-state index in [0.717, 1.165) is 6.54 Å². The number of rotatable bonds is 4. The van der Waals surface area contributed by atoms with Gasteiger partial charge >= 0.3 is 0 Å². The molecule has 0 aromatic rings. The van der Waals surface area contributed by atoms with Crippen molar-refractivity contribution in [3.8, 4) is 0 Å². The average Bonchev–Trinajstić information content (AvgIpc) is 2.18. The topological polar surface area (TPSA) is 26.0 Å². The first-order valence-corrected chi connectivity index (χ1v) is 6.53. The van der Waals surface area contributed by atoms with Gasteiger partial charge in [0.1, 0.15) is 0 Å². The first kappa shape index (κ1) is 12.0. The first-order chi connectivity index (χ1) is 6.83. The van der Waals surface area contributed by atoms with Gasteiger partial charge in [-0.25, -0.2) is 0 Å². The Morgan fingerprint density at radius 3 is 2.07 bits per heavy atom. The van der Waals surface area contributed by atoms with E-state index in [9.17, 15) is 0 Å². The Kier molecular flexibility index (Phi) is 5.54. The fraction of sp³-hybridized carbons (Fsp3) is 1.00. The van der Waals surface area contributed by atoms with Gasteiger partial charge < -0.3 is 5.73 Å². The van der Waals surface area contributed by atoms with E-state index in [0.29, 0.717) is 5.41 Å². The van der Waals surface area contributed by atoms with Crippen molar-refractivity contribution in [3.63, 3.8) is 0 Å². The molecule has 0 saturated heterocycles. The second-order valence-electron chi connectivity index (χ2n) is 5.08. The van der Waals surface area contributed by atoms with Crippen molar-refractivity contribution in [1.29, 1.82) is 0 Å². The zero-order valence-corrected chi connectivity index (χ0v) is 9.86. The van der Waals surface area contributed by atoms with Gasteiger partial charge in [0.25, 0.3) is 0 Å². The molecule has 0 aromatic heterocycles. The van der Waals surface area contributed by atoms with Gasteiger partial charge in [-0.3, -0.25) is 0 Å². The third-order valence-electron chi connectivity index (χ3n) is 3.91. The molecule has 0 aromatic carbocycles. The van der Waals surface area contributed by atoms with Crippen LogP contribution in [0.3, 0.4) is 0 Å². The minimum Gasteiger partial charge on any atom is -0.330 e. The normalized spacial score (nSPS) is 22.7. The molecule has 1 aliphatic carbocycles. The third kappa shape index (κ3) is 3.61. The standard InChI is InChI=1S/C13H27N/c1-2-3-9-13(12-14)10-7-5-4-6-8-11-13/h2-12,14H2,1H3. The van der Waals surface area contributed by atoms with E-state index < -0.39 is 0 Å². The van der Waals surface area contributed by atoms with Crippen molar-refractivity contribution in [2.24, 2.45) is 11.1 Å². The van der Waals surface area contributed by atoms with Crippen molar-refractivity contribution in [3.05, 3.63) is 0 Å². The van der Waals surface area contributed by atoms with Crippen LogP contribution >= 0.6 is 0 Å². The summed E-state index contributed by atoms with van der Waals surface area (Å²) < 4.78 is 0. The number of nitrogens with two attached hydrogens (primary N) is 1.